The molecule has 2 aliphatic carbocycles. The van der Waals surface area contributed by atoms with E-state index in [1.165, 1.54) is 10.4 Å². The predicted molar refractivity (Wildman–Crippen MR) is 109 cm³/mol. The van der Waals surface area contributed by atoms with Crippen LogP contribution in [0, 0.1) is 0 Å². The molecule has 28 heavy (non-hydrogen) atoms. The van der Waals surface area contributed by atoms with Gasteiger partial charge in [0.1, 0.15) is 23.9 Å². The van der Waals surface area contributed by atoms with Crippen LogP contribution in [-0.2, 0) is 16.0 Å². The number of thiophene rings is 1. The van der Waals surface area contributed by atoms with Crippen LogP contribution in [0.25, 0.3) is 10.2 Å². The first-order valence-electron chi connectivity index (χ1n) is 9.98. The van der Waals surface area contributed by atoms with Gasteiger partial charge in [0.05, 0.1) is 12.0 Å². The highest BCUT2D eigenvalue weighted by molar-refractivity contribution is 7.19. The maximum atomic E-state index is 11.0. The number of nitrogens with two attached hydrogens (primary N) is 1. The lowest BCUT2D eigenvalue weighted by molar-refractivity contribution is -0.122. The molecule has 1 fully saturated rings. The van der Waals surface area contributed by atoms with Gasteiger partial charge in [0.2, 0.25) is 11.8 Å². The highest BCUT2D eigenvalue weighted by atomic mass is 32.1. The van der Waals surface area contributed by atoms with Crippen LogP contribution in [0.15, 0.2) is 6.33 Å². The van der Waals surface area contributed by atoms with Crippen molar-refractivity contribution < 1.29 is 14.3 Å². The van der Waals surface area contributed by atoms with Gasteiger partial charge in [-0.15, -0.1) is 11.3 Å². The zero-order valence-electron chi connectivity index (χ0n) is 16.5. The molecule has 1 unspecified atom stereocenters. The fourth-order valence-electron chi connectivity index (χ4n) is 4.44. The third kappa shape index (κ3) is 3.99. The molecule has 2 aliphatic rings. The van der Waals surface area contributed by atoms with Crippen molar-refractivity contribution in [1.82, 2.24) is 14.9 Å². The van der Waals surface area contributed by atoms with E-state index in [-0.39, 0.29) is 18.6 Å². The summed E-state index contributed by atoms with van der Waals surface area (Å²) in [5.74, 6) is 0.507. The van der Waals surface area contributed by atoms with E-state index in [0.717, 1.165) is 48.7 Å². The number of aryl methyl sites for hydroxylation is 1. The highest BCUT2D eigenvalue weighted by Crippen LogP contribution is 2.46. The van der Waals surface area contributed by atoms with Crippen molar-refractivity contribution in [2.24, 2.45) is 5.73 Å². The molecule has 0 radical (unpaired) electrons. The molecule has 2 N–H and O–H groups in total. The van der Waals surface area contributed by atoms with E-state index in [1.807, 2.05) is 0 Å². The third-order valence-electron chi connectivity index (χ3n) is 5.91. The molecule has 2 aromatic rings. The smallest absolute Gasteiger partial charge is 0.243 e. The number of hydrogen-bond acceptors (Lipinski definition) is 7. The molecular weight excluding hydrogens is 376 g/mol. The summed E-state index contributed by atoms with van der Waals surface area (Å²) in [6.07, 6.45) is 8.22. The number of carbonyl (C=O) groups is 1. The van der Waals surface area contributed by atoms with Gasteiger partial charge in [0, 0.05) is 16.8 Å². The summed E-state index contributed by atoms with van der Waals surface area (Å²) in [4.78, 5) is 24.6. The standard InChI is InChI=1S/C20H28N4O3S/c1-24(2)13-4-6-14(7-5-13)27-19-18-17-12(9-26-10-16(21)25)3-8-15(17)28-20(18)23-11-22-19/h11-14H,3-10H2,1-2H3,(H2,21,25). The Hall–Kier alpha value is -1.77. The van der Waals surface area contributed by atoms with Crippen LogP contribution in [0.4, 0.5) is 0 Å². The lowest BCUT2D eigenvalue weighted by Gasteiger charge is -2.32. The molecule has 0 aliphatic heterocycles. The molecular formula is C20H28N4O3S. The maximum absolute atomic E-state index is 11.0. The summed E-state index contributed by atoms with van der Waals surface area (Å²) in [5, 5.41) is 1.04. The van der Waals surface area contributed by atoms with Gasteiger partial charge in [-0.05, 0) is 58.2 Å². The Morgan fingerprint density at radius 1 is 1.25 bits per heavy atom. The summed E-state index contributed by atoms with van der Waals surface area (Å²) < 4.78 is 11.9. The van der Waals surface area contributed by atoms with Crippen LogP contribution in [0.5, 0.6) is 5.88 Å². The van der Waals surface area contributed by atoms with Crippen LogP contribution >= 0.6 is 11.3 Å². The fourth-order valence-corrected chi connectivity index (χ4v) is 5.67. The largest absolute Gasteiger partial charge is 0.474 e. The van der Waals surface area contributed by atoms with Gasteiger partial charge in [-0.2, -0.15) is 0 Å². The van der Waals surface area contributed by atoms with Crippen LogP contribution in [-0.4, -0.2) is 60.2 Å². The molecule has 0 saturated heterocycles. The number of carbonyl (C=O) groups excluding carboxylic acids is 1. The molecule has 2 aromatic heterocycles. The minimum atomic E-state index is -0.436. The maximum Gasteiger partial charge on any atom is 0.243 e. The lowest BCUT2D eigenvalue weighted by atomic mass is 9.92. The van der Waals surface area contributed by atoms with E-state index in [1.54, 1.807) is 17.7 Å². The molecule has 0 aromatic carbocycles. The molecule has 152 valence electrons. The zero-order chi connectivity index (χ0) is 19.7. The van der Waals surface area contributed by atoms with Crippen LogP contribution in [0.2, 0.25) is 0 Å². The topological polar surface area (TPSA) is 90.6 Å². The molecule has 1 saturated carbocycles. The second-order valence-electron chi connectivity index (χ2n) is 8.03. The number of hydrogen-bond donors (Lipinski definition) is 1. The molecule has 0 spiro atoms. The van der Waals surface area contributed by atoms with Crippen molar-refractivity contribution >= 4 is 27.5 Å². The summed E-state index contributed by atoms with van der Waals surface area (Å²) in [6, 6.07) is 0.641. The number of fused-ring (bicyclic) bond motifs is 3. The normalized spacial score (nSPS) is 24.6. The van der Waals surface area contributed by atoms with E-state index >= 15 is 0 Å². The second kappa shape index (κ2) is 8.31. The van der Waals surface area contributed by atoms with Gasteiger partial charge in [-0.25, -0.2) is 9.97 Å². The first kappa shape index (κ1) is 19.5. The van der Waals surface area contributed by atoms with Crippen molar-refractivity contribution in [2.75, 3.05) is 27.3 Å². The third-order valence-corrected chi connectivity index (χ3v) is 7.08. The number of ether oxygens (including phenoxy) is 2. The Bertz CT molecular complexity index is 845. The van der Waals surface area contributed by atoms with E-state index in [0.29, 0.717) is 18.5 Å². The van der Waals surface area contributed by atoms with Crippen molar-refractivity contribution in [3.8, 4) is 5.88 Å². The lowest BCUT2D eigenvalue weighted by Crippen LogP contribution is -2.35. The van der Waals surface area contributed by atoms with Crippen molar-refractivity contribution in [2.45, 2.75) is 56.6 Å². The summed E-state index contributed by atoms with van der Waals surface area (Å²) in [5.41, 5.74) is 6.45. The predicted octanol–water partition coefficient (Wildman–Crippen LogP) is 2.47. The summed E-state index contributed by atoms with van der Waals surface area (Å²) in [7, 11) is 4.30. The Labute approximate surface area is 169 Å². The van der Waals surface area contributed by atoms with Gasteiger partial charge in [0.25, 0.3) is 0 Å². The minimum Gasteiger partial charge on any atom is -0.474 e. The summed E-state index contributed by atoms with van der Waals surface area (Å²) >= 11 is 1.73. The van der Waals surface area contributed by atoms with Crippen molar-refractivity contribution in [1.29, 1.82) is 0 Å². The molecule has 1 amide bonds. The Balaban J connectivity index is 1.53. The van der Waals surface area contributed by atoms with E-state index in [9.17, 15) is 4.79 Å². The van der Waals surface area contributed by atoms with Gasteiger partial charge in [0.15, 0.2) is 0 Å². The fraction of sp³-hybridized carbons (Fsp3) is 0.650. The average Bonchev–Trinajstić information content (AvgIpc) is 3.22. The first-order chi connectivity index (χ1) is 13.5. The monoisotopic (exact) mass is 404 g/mol. The van der Waals surface area contributed by atoms with Gasteiger partial charge in [-0.3, -0.25) is 4.79 Å². The Kier molecular flexibility index (Phi) is 5.80. The highest BCUT2D eigenvalue weighted by Gasteiger charge is 2.31. The number of primary amides is 1. The van der Waals surface area contributed by atoms with E-state index in [4.69, 9.17) is 15.2 Å². The van der Waals surface area contributed by atoms with E-state index < -0.39 is 5.91 Å². The first-order valence-corrected chi connectivity index (χ1v) is 10.8. The molecule has 2 heterocycles. The van der Waals surface area contributed by atoms with Gasteiger partial charge in [-0.1, -0.05) is 0 Å². The second-order valence-corrected chi connectivity index (χ2v) is 9.11. The quantitative estimate of drug-likeness (QED) is 0.762. The van der Waals surface area contributed by atoms with E-state index in [2.05, 4.69) is 29.0 Å². The van der Waals surface area contributed by atoms with Crippen molar-refractivity contribution in [3.05, 3.63) is 16.8 Å². The Morgan fingerprint density at radius 3 is 2.75 bits per heavy atom. The molecule has 0 bridgehead atoms. The molecule has 1 atom stereocenters. The van der Waals surface area contributed by atoms with Crippen LogP contribution in [0.1, 0.15) is 48.5 Å². The summed E-state index contributed by atoms with van der Waals surface area (Å²) in [6.45, 7) is 0.451. The molecule has 7 nitrogen and oxygen atoms in total. The van der Waals surface area contributed by atoms with Crippen molar-refractivity contribution in [3.63, 3.8) is 0 Å². The number of aromatic nitrogens is 2. The number of rotatable bonds is 7. The number of amides is 1. The van der Waals surface area contributed by atoms with Crippen LogP contribution in [0.3, 0.4) is 0 Å². The van der Waals surface area contributed by atoms with Gasteiger partial charge >= 0.3 is 0 Å². The Morgan fingerprint density at radius 2 is 2.04 bits per heavy atom. The average molecular weight is 405 g/mol. The molecule has 4 rings (SSSR count). The molecule has 8 heteroatoms. The van der Waals surface area contributed by atoms with Gasteiger partial charge < -0.3 is 20.1 Å². The zero-order valence-corrected chi connectivity index (χ0v) is 17.3. The SMILES string of the molecule is CN(C)C1CCC(Oc2ncnc3sc4c(c23)C(COCC(N)=O)CC4)CC1. The minimum absolute atomic E-state index is 0.0388. The number of nitrogens with zero attached hydrogens (tertiary/aromatic N) is 3. The van der Waals surface area contributed by atoms with Crippen LogP contribution < -0.4 is 10.5 Å².